The molecule has 0 bridgehead atoms. The number of aliphatic hydroxyl groups is 1. The summed E-state index contributed by atoms with van der Waals surface area (Å²) in [6, 6.07) is 24.9. The fraction of sp³-hybridized carbons (Fsp3) is 0.259. The maximum Gasteiger partial charge on any atom is 0.120 e. The van der Waals surface area contributed by atoms with Crippen molar-refractivity contribution in [3.05, 3.63) is 94.0 Å². The maximum absolute atomic E-state index is 10.3. The lowest BCUT2D eigenvalue weighted by atomic mass is 9.97. The number of nitrogens with zero attached hydrogens (tertiary/aromatic N) is 4. The number of ether oxygens (including phenoxy) is 1. The van der Waals surface area contributed by atoms with Crippen molar-refractivity contribution in [2.24, 2.45) is 0 Å². The average molecular weight is 473 g/mol. The van der Waals surface area contributed by atoms with Crippen LogP contribution in [0.5, 0.6) is 5.75 Å². The third kappa shape index (κ3) is 4.85. The van der Waals surface area contributed by atoms with Crippen LogP contribution in [0.15, 0.2) is 66.7 Å². The van der Waals surface area contributed by atoms with Crippen LogP contribution in [0, 0.1) is 22.7 Å². The van der Waals surface area contributed by atoms with Crippen LogP contribution in [0.2, 0.25) is 5.02 Å². The predicted octanol–water partition coefficient (Wildman–Crippen LogP) is 4.69. The fourth-order valence-corrected chi connectivity index (χ4v) is 4.67. The minimum absolute atomic E-state index is 0.0365. The number of piperazine rings is 1. The highest BCUT2D eigenvalue weighted by atomic mass is 35.5. The van der Waals surface area contributed by atoms with Gasteiger partial charge >= 0.3 is 0 Å². The van der Waals surface area contributed by atoms with Gasteiger partial charge in [-0.1, -0.05) is 35.9 Å². The van der Waals surface area contributed by atoms with E-state index in [0.717, 1.165) is 16.8 Å². The molecule has 7 heteroatoms. The first-order chi connectivity index (χ1) is 16.6. The Bertz CT molecular complexity index is 1220. The van der Waals surface area contributed by atoms with Gasteiger partial charge in [0, 0.05) is 24.7 Å². The van der Waals surface area contributed by atoms with Gasteiger partial charge in [-0.2, -0.15) is 10.5 Å². The summed E-state index contributed by atoms with van der Waals surface area (Å²) >= 11 is 6.15. The van der Waals surface area contributed by atoms with E-state index in [1.807, 2.05) is 48.5 Å². The van der Waals surface area contributed by atoms with E-state index in [9.17, 15) is 10.4 Å². The molecule has 0 saturated carbocycles. The Morgan fingerprint density at radius 3 is 2.38 bits per heavy atom. The van der Waals surface area contributed by atoms with Crippen molar-refractivity contribution >= 4 is 17.3 Å². The normalized spacial score (nSPS) is 17.0. The van der Waals surface area contributed by atoms with Crippen LogP contribution in [-0.2, 0) is 0 Å². The summed E-state index contributed by atoms with van der Waals surface area (Å²) in [4.78, 5) is 4.50. The first kappa shape index (κ1) is 23.6. The largest absolute Gasteiger partial charge is 0.497 e. The molecule has 34 heavy (non-hydrogen) atoms. The second-order valence-electron chi connectivity index (χ2n) is 8.18. The van der Waals surface area contributed by atoms with Crippen molar-refractivity contribution in [1.82, 2.24) is 4.90 Å². The van der Waals surface area contributed by atoms with Gasteiger partial charge in [0.25, 0.3) is 0 Å². The molecule has 1 fully saturated rings. The quantitative estimate of drug-likeness (QED) is 0.560. The van der Waals surface area contributed by atoms with Crippen molar-refractivity contribution in [2.45, 2.75) is 12.1 Å². The molecule has 1 aliphatic rings. The molecule has 1 N–H and O–H groups in total. The summed E-state index contributed by atoms with van der Waals surface area (Å²) in [6.07, 6.45) is 0. The summed E-state index contributed by atoms with van der Waals surface area (Å²) in [5, 5.41) is 29.9. The van der Waals surface area contributed by atoms with Crippen LogP contribution < -0.4 is 9.64 Å². The van der Waals surface area contributed by atoms with Gasteiger partial charge in [-0.3, -0.25) is 4.90 Å². The highest BCUT2D eigenvalue weighted by Gasteiger charge is 2.33. The zero-order chi connectivity index (χ0) is 24.1. The Morgan fingerprint density at radius 2 is 1.76 bits per heavy atom. The summed E-state index contributed by atoms with van der Waals surface area (Å²) in [7, 11) is 1.59. The summed E-state index contributed by atoms with van der Waals surface area (Å²) < 4.78 is 5.31. The number of anilines is 1. The van der Waals surface area contributed by atoms with Crippen molar-refractivity contribution in [1.29, 1.82) is 10.5 Å². The first-order valence-electron chi connectivity index (χ1n) is 11.0. The lowest BCUT2D eigenvalue weighted by Gasteiger charge is -2.46. The lowest BCUT2D eigenvalue weighted by Crippen LogP contribution is -2.50. The molecule has 4 rings (SSSR count). The minimum atomic E-state index is -0.198. The average Bonchev–Trinajstić information content (AvgIpc) is 2.89. The summed E-state index contributed by atoms with van der Waals surface area (Å²) in [6.45, 7) is 1.97. The Labute approximate surface area is 204 Å². The first-order valence-corrected chi connectivity index (χ1v) is 11.4. The Hall–Kier alpha value is -3.55. The van der Waals surface area contributed by atoms with E-state index < -0.39 is 0 Å². The molecule has 0 radical (unpaired) electrons. The number of halogens is 1. The molecule has 0 amide bonds. The Balaban J connectivity index is 1.69. The fourth-order valence-electron chi connectivity index (χ4n) is 4.54. The van der Waals surface area contributed by atoms with E-state index in [1.165, 1.54) is 0 Å². The molecule has 1 aliphatic heterocycles. The lowest BCUT2D eigenvalue weighted by molar-refractivity contribution is 0.103. The zero-order valence-corrected chi connectivity index (χ0v) is 19.6. The van der Waals surface area contributed by atoms with Crippen LogP contribution in [0.3, 0.4) is 0 Å². The van der Waals surface area contributed by atoms with Crippen molar-refractivity contribution < 1.29 is 9.84 Å². The number of benzene rings is 3. The van der Waals surface area contributed by atoms with Gasteiger partial charge < -0.3 is 14.7 Å². The number of aliphatic hydroxyl groups excluding tert-OH is 1. The van der Waals surface area contributed by atoms with Crippen molar-refractivity contribution in [3.8, 4) is 17.9 Å². The number of methoxy groups -OCH3 is 1. The molecule has 0 aromatic heterocycles. The third-order valence-corrected chi connectivity index (χ3v) is 6.59. The van der Waals surface area contributed by atoms with Gasteiger partial charge in [-0.15, -0.1) is 0 Å². The van der Waals surface area contributed by atoms with Gasteiger partial charge in [-0.05, 0) is 53.6 Å². The second kappa shape index (κ2) is 10.6. The summed E-state index contributed by atoms with van der Waals surface area (Å²) in [5.41, 5.74) is 4.03. The van der Waals surface area contributed by atoms with Crippen LogP contribution in [-0.4, -0.2) is 43.4 Å². The molecular weight excluding hydrogens is 448 g/mol. The number of hydrogen-bond donors (Lipinski definition) is 1. The van der Waals surface area contributed by atoms with Gasteiger partial charge in [0.2, 0.25) is 0 Å². The highest BCUT2D eigenvalue weighted by Crippen LogP contribution is 2.37. The third-order valence-electron chi connectivity index (χ3n) is 6.34. The molecule has 2 atom stereocenters. The molecule has 3 aromatic carbocycles. The molecule has 0 unspecified atom stereocenters. The standard InChI is InChI=1S/C27H25ClN4O2/c1-34-24-10-11-25(22(14-24)16-30)32-13-12-31(17-26(32)20-6-8-23(28)9-7-20)27(18-33)21-4-2-19(15-29)3-5-21/h2-11,14,26-27,33H,12-13,17-18H2,1H3/t26-,27+/m0/s1. The van der Waals surface area contributed by atoms with Gasteiger partial charge in [0.15, 0.2) is 0 Å². The van der Waals surface area contributed by atoms with Crippen LogP contribution >= 0.6 is 11.6 Å². The smallest absolute Gasteiger partial charge is 0.120 e. The van der Waals surface area contributed by atoms with Crippen molar-refractivity contribution in [2.75, 3.05) is 38.3 Å². The molecule has 1 heterocycles. The van der Waals surface area contributed by atoms with E-state index in [4.69, 9.17) is 21.6 Å². The van der Waals surface area contributed by atoms with Gasteiger partial charge in [0.1, 0.15) is 11.8 Å². The number of rotatable bonds is 6. The van der Waals surface area contributed by atoms with Gasteiger partial charge in [-0.25, -0.2) is 0 Å². The van der Waals surface area contributed by atoms with E-state index >= 15 is 0 Å². The van der Waals surface area contributed by atoms with Crippen LogP contribution in [0.1, 0.15) is 34.3 Å². The van der Waals surface area contributed by atoms with Crippen molar-refractivity contribution in [3.63, 3.8) is 0 Å². The number of hydrogen-bond acceptors (Lipinski definition) is 6. The highest BCUT2D eigenvalue weighted by molar-refractivity contribution is 6.30. The zero-order valence-electron chi connectivity index (χ0n) is 18.9. The molecule has 0 aliphatic carbocycles. The molecule has 0 spiro atoms. The molecule has 3 aromatic rings. The number of nitriles is 2. The Kier molecular flexibility index (Phi) is 7.35. The molecule has 172 valence electrons. The van der Waals surface area contributed by atoms with E-state index in [1.54, 1.807) is 25.3 Å². The maximum atomic E-state index is 10.3. The minimum Gasteiger partial charge on any atom is -0.497 e. The molecule has 6 nitrogen and oxygen atoms in total. The van der Waals surface area contributed by atoms with Crippen LogP contribution in [0.25, 0.3) is 0 Å². The second-order valence-corrected chi connectivity index (χ2v) is 8.62. The van der Waals surface area contributed by atoms with E-state index in [2.05, 4.69) is 21.9 Å². The summed E-state index contributed by atoms with van der Waals surface area (Å²) in [5.74, 6) is 0.642. The van der Waals surface area contributed by atoms with E-state index in [-0.39, 0.29) is 18.7 Å². The molecular formula is C27H25ClN4O2. The van der Waals surface area contributed by atoms with E-state index in [0.29, 0.717) is 41.5 Å². The molecule has 1 saturated heterocycles. The topological polar surface area (TPSA) is 83.5 Å². The van der Waals surface area contributed by atoms with Crippen LogP contribution in [0.4, 0.5) is 5.69 Å². The SMILES string of the molecule is COc1ccc(N2CCN([C@H](CO)c3ccc(C#N)cc3)C[C@H]2c2ccc(Cl)cc2)c(C#N)c1. The van der Waals surface area contributed by atoms with Gasteiger partial charge in [0.05, 0.1) is 48.7 Å². The predicted molar refractivity (Wildman–Crippen MR) is 132 cm³/mol. The monoisotopic (exact) mass is 472 g/mol. The Morgan fingerprint density at radius 1 is 1.03 bits per heavy atom.